The molecule has 0 saturated heterocycles. The van der Waals surface area contributed by atoms with Gasteiger partial charge < -0.3 is 11.1 Å². The molecule has 3 N–H and O–H groups in total. The van der Waals surface area contributed by atoms with Gasteiger partial charge in [-0.3, -0.25) is 4.79 Å². The molecule has 0 spiro atoms. The summed E-state index contributed by atoms with van der Waals surface area (Å²) >= 11 is 0. The Hall–Kier alpha value is -2.34. The van der Waals surface area contributed by atoms with Crippen molar-refractivity contribution in [1.29, 1.82) is 0 Å². The highest BCUT2D eigenvalue weighted by Crippen LogP contribution is 2.43. The number of hydrogen-bond donors (Lipinski definition) is 2. The van der Waals surface area contributed by atoms with Gasteiger partial charge in [0.25, 0.3) is 0 Å². The maximum Gasteiger partial charge on any atom is 0.389 e. The van der Waals surface area contributed by atoms with Gasteiger partial charge >= 0.3 is 6.18 Å². The van der Waals surface area contributed by atoms with E-state index in [1.54, 1.807) is 48.5 Å². The number of fused-ring (bicyclic) bond motifs is 1. The van der Waals surface area contributed by atoms with E-state index in [1.807, 2.05) is 0 Å². The quantitative estimate of drug-likeness (QED) is 0.896. The number of amides is 1. The summed E-state index contributed by atoms with van der Waals surface area (Å²) in [4.78, 5) is 11.3. The third-order valence-corrected chi connectivity index (χ3v) is 4.36. The number of carbonyl (C=O) groups is 1. The first kappa shape index (κ1) is 16.5. The number of carbonyl (C=O) groups excluding carboxylic acids is 1. The van der Waals surface area contributed by atoms with Gasteiger partial charge in [0.15, 0.2) is 0 Å². The molecule has 1 aliphatic rings. The lowest BCUT2D eigenvalue weighted by Crippen LogP contribution is -2.25. The molecule has 0 aromatic heterocycles. The van der Waals surface area contributed by atoms with Crippen LogP contribution in [0.4, 0.5) is 13.2 Å². The highest BCUT2D eigenvalue weighted by Gasteiger charge is 2.39. The van der Waals surface area contributed by atoms with Crippen LogP contribution in [-0.2, 0) is 6.54 Å². The van der Waals surface area contributed by atoms with Gasteiger partial charge in [0.1, 0.15) is 0 Å². The molecule has 1 aliphatic heterocycles. The van der Waals surface area contributed by atoms with Gasteiger partial charge in [0.05, 0.1) is 6.42 Å². The molecule has 0 aliphatic carbocycles. The predicted molar refractivity (Wildman–Crippen MR) is 84.4 cm³/mol. The number of rotatable bonds is 4. The van der Waals surface area contributed by atoms with Crippen LogP contribution in [0, 0.1) is 0 Å². The summed E-state index contributed by atoms with van der Waals surface area (Å²) in [7, 11) is 0. The molecule has 6 heteroatoms. The third-order valence-electron chi connectivity index (χ3n) is 4.36. The van der Waals surface area contributed by atoms with Crippen molar-refractivity contribution in [3.8, 4) is 0 Å². The number of hydrogen-bond acceptors (Lipinski definition) is 2. The molecular formula is C18H17F3N2O. The van der Waals surface area contributed by atoms with Gasteiger partial charge in [0, 0.05) is 24.1 Å². The third kappa shape index (κ3) is 3.43. The average molecular weight is 334 g/mol. The molecule has 3 rings (SSSR count). The van der Waals surface area contributed by atoms with Crippen LogP contribution in [0.1, 0.15) is 45.4 Å². The Morgan fingerprint density at radius 2 is 1.92 bits per heavy atom. The standard InChI is InChI=1S/C18H17F3N2O/c19-18(20,21)9-15(11-4-2-1-3-5-11)16-14-7-6-12(17(22)24)8-13(14)10-23-16/h1-8,15-16,23H,9-10H2,(H2,22,24)/t15-,16?/m1/s1. The maximum absolute atomic E-state index is 13.1. The number of primary amides is 1. The van der Waals surface area contributed by atoms with Crippen LogP contribution in [0.3, 0.4) is 0 Å². The molecule has 3 nitrogen and oxygen atoms in total. The fourth-order valence-electron chi connectivity index (χ4n) is 3.28. The van der Waals surface area contributed by atoms with E-state index < -0.39 is 30.5 Å². The first-order valence-corrected chi connectivity index (χ1v) is 7.63. The Morgan fingerprint density at radius 3 is 2.54 bits per heavy atom. The average Bonchev–Trinajstić information content (AvgIpc) is 2.95. The Bertz CT molecular complexity index is 744. The Labute approximate surface area is 137 Å². The molecule has 2 atom stereocenters. The molecule has 2 aromatic carbocycles. The monoisotopic (exact) mass is 334 g/mol. The fourth-order valence-corrected chi connectivity index (χ4v) is 3.28. The summed E-state index contributed by atoms with van der Waals surface area (Å²) in [6.45, 7) is 0.419. The van der Waals surface area contributed by atoms with E-state index in [0.717, 1.165) is 11.1 Å². The van der Waals surface area contributed by atoms with Gasteiger partial charge in [0.2, 0.25) is 5.91 Å². The summed E-state index contributed by atoms with van der Waals surface area (Å²) in [6, 6.07) is 13.2. The number of nitrogens with one attached hydrogen (secondary N) is 1. The summed E-state index contributed by atoms with van der Waals surface area (Å²) in [5.74, 6) is -1.27. The Kier molecular flexibility index (Phi) is 4.32. The highest BCUT2D eigenvalue weighted by atomic mass is 19.4. The first-order valence-electron chi connectivity index (χ1n) is 7.63. The van der Waals surface area contributed by atoms with Crippen molar-refractivity contribution in [3.63, 3.8) is 0 Å². The predicted octanol–water partition coefficient (Wildman–Crippen LogP) is 3.67. The van der Waals surface area contributed by atoms with Gasteiger partial charge in [-0.05, 0) is 28.8 Å². The summed E-state index contributed by atoms with van der Waals surface area (Å²) in [6.07, 6.45) is -5.18. The molecule has 126 valence electrons. The molecule has 0 radical (unpaired) electrons. The number of nitrogens with two attached hydrogens (primary N) is 1. The van der Waals surface area contributed by atoms with Crippen molar-refractivity contribution < 1.29 is 18.0 Å². The van der Waals surface area contributed by atoms with Crippen molar-refractivity contribution in [2.45, 2.75) is 31.1 Å². The second-order valence-corrected chi connectivity index (χ2v) is 5.97. The second kappa shape index (κ2) is 6.28. The van der Waals surface area contributed by atoms with Gasteiger partial charge in [-0.25, -0.2) is 0 Å². The molecule has 0 fully saturated rings. The van der Waals surface area contributed by atoms with Crippen LogP contribution in [0.2, 0.25) is 0 Å². The zero-order valence-corrected chi connectivity index (χ0v) is 12.8. The molecule has 24 heavy (non-hydrogen) atoms. The highest BCUT2D eigenvalue weighted by molar-refractivity contribution is 5.93. The van der Waals surface area contributed by atoms with E-state index in [4.69, 9.17) is 5.73 Å². The van der Waals surface area contributed by atoms with Gasteiger partial charge in [-0.1, -0.05) is 36.4 Å². The lowest BCUT2D eigenvalue weighted by Gasteiger charge is -2.26. The lowest BCUT2D eigenvalue weighted by atomic mass is 9.84. The number of halogens is 3. The van der Waals surface area contributed by atoms with Crippen LogP contribution >= 0.6 is 0 Å². The molecule has 0 bridgehead atoms. The first-order chi connectivity index (χ1) is 11.3. The van der Waals surface area contributed by atoms with Crippen molar-refractivity contribution in [3.05, 3.63) is 70.8 Å². The van der Waals surface area contributed by atoms with Crippen LogP contribution in [0.15, 0.2) is 48.5 Å². The van der Waals surface area contributed by atoms with Crippen LogP contribution in [0.25, 0.3) is 0 Å². The van der Waals surface area contributed by atoms with Crippen LogP contribution in [0.5, 0.6) is 0 Å². The molecule has 1 unspecified atom stereocenters. The topological polar surface area (TPSA) is 55.1 Å². The maximum atomic E-state index is 13.1. The van der Waals surface area contributed by atoms with Crippen molar-refractivity contribution in [2.75, 3.05) is 0 Å². The van der Waals surface area contributed by atoms with Crippen molar-refractivity contribution in [2.24, 2.45) is 5.73 Å². The minimum atomic E-state index is -4.27. The van der Waals surface area contributed by atoms with Crippen molar-refractivity contribution >= 4 is 5.91 Å². The summed E-state index contributed by atoms with van der Waals surface area (Å²) < 4.78 is 39.3. The minimum Gasteiger partial charge on any atom is -0.366 e. The van der Waals surface area contributed by atoms with Crippen molar-refractivity contribution in [1.82, 2.24) is 5.32 Å². The van der Waals surface area contributed by atoms with E-state index in [9.17, 15) is 18.0 Å². The van der Waals surface area contributed by atoms with Crippen LogP contribution in [-0.4, -0.2) is 12.1 Å². The number of benzene rings is 2. The zero-order valence-electron chi connectivity index (χ0n) is 12.8. The van der Waals surface area contributed by atoms with E-state index in [2.05, 4.69) is 5.32 Å². The molecule has 1 heterocycles. The zero-order chi connectivity index (χ0) is 17.3. The Morgan fingerprint density at radius 1 is 1.21 bits per heavy atom. The normalized spacial score (nSPS) is 18.2. The summed E-state index contributed by atoms with van der Waals surface area (Å²) in [5, 5.41) is 3.16. The minimum absolute atomic E-state index is 0.364. The molecule has 0 saturated carbocycles. The summed E-state index contributed by atoms with van der Waals surface area (Å²) in [5.41, 5.74) is 7.88. The largest absolute Gasteiger partial charge is 0.389 e. The second-order valence-electron chi connectivity index (χ2n) is 5.97. The molecule has 2 aromatic rings. The number of alkyl halides is 3. The van der Waals surface area contributed by atoms with E-state index in [0.29, 0.717) is 17.7 Å². The van der Waals surface area contributed by atoms with Gasteiger partial charge in [-0.15, -0.1) is 0 Å². The Balaban J connectivity index is 1.98. The van der Waals surface area contributed by atoms with Crippen LogP contribution < -0.4 is 11.1 Å². The SMILES string of the molecule is NC(=O)c1ccc2c(c1)CNC2[C@H](CC(F)(F)F)c1ccccc1. The van der Waals surface area contributed by atoms with E-state index in [1.165, 1.54) is 0 Å². The van der Waals surface area contributed by atoms with Gasteiger partial charge in [-0.2, -0.15) is 13.2 Å². The van der Waals surface area contributed by atoms with E-state index >= 15 is 0 Å². The lowest BCUT2D eigenvalue weighted by molar-refractivity contribution is -0.140. The smallest absolute Gasteiger partial charge is 0.366 e. The van der Waals surface area contributed by atoms with E-state index in [-0.39, 0.29) is 0 Å². The fraction of sp³-hybridized carbons (Fsp3) is 0.278. The molecular weight excluding hydrogens is 317 g/mol. The molecule has 1 amide bonds.